The molecule has 0 aliphatic rings. The van der Waals surface area contributed by atoms with Crippen molar-refractivity contribution in [1.82, 2.24) is 0 Å². The van der Waals surface area contributed by atoms with Gasteiger partial charge < -0.3 is 34.5 Å². The normalized spacial score (nSPS) is 10.6. The Labute approximate surface area is 198 Å². The van der Waals surface area contributed by atoms with E-state index in [0.717, 1.165) is 0 Å². The van der Waals surface area contributed by atoms with Crippen molar-refractivity contribution < 1.29 is 43.7 Å². The molecule has 0 fully saturated rings. The lowest BCUT2D eigenvalue weighted by atomic mass is 10.2. The summed E-state index contributed by atoms with van der Waals surface area (Å²) in [6, 6.07) is 12.4. The van der Waals surface area contributed by atoms with E-state index in [1.54, 1.807) is 0 Å². The largest absolute Gasteiger partial charge is 0.673 e. The third-order valence-electron chi connectivity index (χ3n) is 4.09. The van der Waals surface area contributed by atoms with Gasteiger partial charge in [-0.25, -0.2) is 9.13 Å². The van der Waals surface area contributed by atoms with Crippen LogP contribution in [-0.2, 0) is 13.1 Å². The third kappa shape index (κ3) is 37.2. The fourth-order valence-electron chi connectivity index (χ4n) is 2.61. The number of hydrogen-bond acceptors (Lipinski definition) is 0. The first-order valence-electron chi connectivity index (χ1n) is 11.5. The smallest absolute Gasteiger partial charge is 0.418 e. The summed E-state index contributed by atoms with van der Waals surface area (Å²) >= 11 is 0. The van der Waals surface area contributed by atoms with Crippen molar-refractivity contribution in [2.45, 2.75) is 78.3 Å². The average Bonchev–Trinajstić information content (AvgIpc) is 2.74. The lowest BCUT2D eigenvalue weighted by molar-refractivity contribution is -0.697. The number of aryl methyl sites for hydroxylation is 2. The van der Waals surface area contributed by atoms with Crippen molar-refractivity contribution in [3.05, 3.63) is 61.2 Å². The van der Waals surface area contributed by atoms with Crippen molar-refractivity contribution in [2.24, 2.45) is 0 Å². The molecular formula is C22H36B2F8N2. The number of halogens is 8. The summed E-state index contributed by atoms with van der Waals surface area (Å²) in [4.78, 5) is 0. The van der Waals surface area contributed by atoms with Gasteiger partial charge in [-0.05, 0) is 12.8 Å². The van der Waals surface area contributed by atoms with Crippen LogP contribution in [-0.4, -0.2) is 14.5 Å². The lowest BCUT2D eigenvalue weighted by Gasteiger charge is -1.95. The Morgan fingerprint density at radius 2 is 0.706 bits per heavy atom. The maximum atomic E-state index is 9.75. The van der Waals surface area contributed by atoms with Crippen molar-refractivity contribution in [3.63, 3.8) is 0 Å². The van der Waals surface area contributed by atoms with Gasteiger partial charge in [0, 0.05) is 37.1 Å². The molecular weight excluding hydrogens is 466 g/mol. The fraction of sp³-hybridized carbons (Fsp3) is 0.545. The van der Waals surface area contributed by atoms with Crippen molar-refractivity contribution >= 4 is 14.5 Å². The Kier molecular flexibility index (Phi) is 21.4. The minimum absolute atomic E-state index is 1.17. The van der Waals surface area contributed by atoms with Crippen LogP contribution in [0.4, 0.5) is 34.5 Å². The van der Waals surface area contributed by atoms with E-state index in [-0.39, 0.29) is 0 Å². The molecule has 0 spiro atoms. The molecule has 0 N–H and O–H groups in total. The van der Waals surface area contributed by atoms with Gasteiger partial charge in [-0.15, -0.1) is 0 Å². The molecule has 0 aliphatic heterocycles. The van der Waals surface area contributed by atoms with Crippen LogP contribution in [0.25, 0.3) is 0 Å². The highest BCUT2D eigenvalue weighted by Gasteiger charge is 2.21. The zero-order valence-electron chi connectivity index (χ0n) is 19.9. The van der Waals surface area contributed by atoms with E-state index in [9.17, 15) is 34.5 Å². The number of hydrogen-bond donors (Lipinski definition) is 0. The second-order valence-electron chi connectivity index (χ2n) is 7.34. The number of unbranched alkanes of at least 4 members (excludes halogenated alkanes) is 6. The van der Waals surface area contributed by atoms with Crippen molar-refractivity contribution in [1.29, 1.82) is 0 Å². The highest BCUT2D eigenvalue weighted by Crippen LogP contribution is 2.07. The maximum absolute atomic E-state index is 9.75. The van der Waals surface area contributed by atoms with Gasteiger partial charge in [0.2, 0.25) is 0 Å². The van der Waals surface area contributed by atoms with Gasteiger partial charge >= 0.3 is 14.5 Å². The minimum Gasteiger partial charge on any atom is -0.418 e. The molecule has 0 bridgehead atoms. The molecule has 34 heavy (non-hydrogen) atoms. The van der Waals surface area contributed by atoms with Crippen LogP contribution in [0.1, 0.15) is 65.2 Å². The zero-order valence-corrected chi connectivity index (χ0v) is 19.9. The molecule has 0 aromatic carbocycles. The predicted molar refractivity (Wildman–Crippen MR) is 122 cm³/mol. The van der Waals surface area contributed by atoms with Gasteiger partial charge in [-0.2, -0.15) is 0 Å². The molecule has 0 atom stereocenters. The average molecular weight is 502 g/mol. The number of nitrogens with zero attached hydrogens (tertiary/aromatic N) is 2. The number of aromatic nitrogens is 2. The van der Waals surface area contributed by atoms with Gasteiger partial charge in [0.25, 0.3) is 0 Å². The second kappa shape index (κ2) is 21.4. The molecule has 0 saturated heterocycles. The van der Waals surface area contributed by atoms with E-state index in [2.05, 4.69) is 84.2 Å². The molecule has 2 nitrogen and oxygen atoms in total. The van der Waals surface area contributed by atoms with Crippen LogP contribution in [0.2, 0.25) is 0 Å². The summed E-state index contributed by atoms with van der Waals surface area (Å²) < 4.78 is 82.5. The Bertz CT molecular complexity index is 601. The van der Waals surface area contributed by atoms with Gasteiger partial charge in [0.15, 0.2) is 24.8 Å². The molecule has 196 valence electrons. The predicted octanol–water partition coefficient (Wildman–Crippen LogP) is 7.71. The molecule has 2 heterocycles. The van der Waals surface area contributed by atoms with Crippen LogP contribution in [0, 0.1) is 0 Å². The van der Waals surface area contributed by atoms with E-state index >= 15 is 0 Å². The highest BCUT2D eigenvalue weighted by atomic mass is 19.5. The van der Waals surface area contributed by atoms with E-state index in [1.165, 1.54) is 64.5 Å². The summed E-state index contributed by atoms with van der Waals surface area (Å²) in [5.41, 5.74) is 0. The summed E-state index contributed by atoms with van der Waals surface area (Å²) in [6.45, 7) is 6.83. The van der Waals surface area contributed by atoms with Crippen molar-refractivity contribution in [2.75, 3.05) is 0 Å². The van der Waals surface area contributed by atoms with E-state index in [4.69, 9.17) is 0 Å². The standard InChI is InChI=1S/2C11H18N.2BF4/c2*1-2-3-4-6-9-12-10-7-5-8-11-12;2*2-1(3,4)5/h2*5,7-8,10-11H,2-4,6,9H2,1H3;;/q2*+1;2*-1. The highest BCUT2D eigenvalue weighted by molar-refractivity contribution is 6.50. The first-order chi connectivity index (χ1) is 15.9. The SMILES string of the molecule is CCCCCC[n+]1ccccc1.CCCCCC[n+]1ccccc1.F[B-](F)(F)F.F[B-](F)(F)F. The van der Waals surface area contributed by atoms with Gasteiger partial charge in [0.05, 0.1) is 0 Å². The maximum Gasteiger partial charge on any atom is 0.673 e. The van der Waals surface area contributed by atoms with Gasteiger partial charge in [0.1, 0.15) is 13.1 Å². The molecule has 0 radical (unpaired) electrons. The zero-order chi connectivity index (χ0) is 26.3. The van der Waals surface area contributed by atoms with Gasteiger partial charge in [-0.3, -0.25) is 0 Å². The van der Waals surface area contributed by atoms with Crippen LogP contribution in [0.3, 0.4) is 0 Å². The number of pyridine rings is 2. The van der Waals surface area contributed by atoms with E-state index in [0.29, 0.717) is 0 Å². The van der Waals surface area contributed by atoms with Crippen LogP contribution in [0.5, 0.6) is 0 Å². The molecule has 0 amide bonds. The quantitative estimate of drug-likeness (QED) is 0.136. The lowest BCUT2D eigenvalue weighted by Crippen LogP contribution is -2.32. The Hall–Kier alpha value is -2.13. The molecule has 0 unspecified atom stereocenters. The molecule has 2 aromatic heterocycles. The third-order valence-corrected chi connectivity index (χ3v) is 4.09. The van der Waals surface area contributed by atoms with Gasteiger partial charge in [-0.1, -0.05) is 51.7 Å². The molecule has 2 rings (SSSR count). The Morgan fingerprint density at radius 1 is 0.441 bits per heavy atom. The summed E-state index contributed by atoms with van der Waals surface area (Å²) in [7, 11) is -12.0. The number of rotatable bonds is 10. The fourth-order valence-corrected chi connectivity index (χ4v) is 2.61. The molecule has 12 heteroatoms. The van der Waals surface area contributed by atoms with Crippen molar-refractivity contribution in [3.8, 4) is 0 Å². The Morgan fingerprint density at radius 3 is 0.941 bits per heavy atom. The topological polar surface area (TPSA) is 7.76 Å². The first kappa shape index (κ1) is 34.0. The summed E-state index contributed by atoms with van der Waals surface area (Å²) in [6.07, 6.45) is 19.2. The molecule has 2 aromatic rings. The molecule has 0 aliphatic carbocycles. The first-order valence-corrected chi connectivity index (χ1v) is 11.5. The van der Waals surface area contributed by atoms with Crippen LogP contribution in [0.15, 0.2) is 61.2 Å². The Balaban J connectivity index is 0. The second-order valence-corrected chi connectivity index (χ2v) is 7.34. The summed E-state index contributed by atoms with van der Waals surface area (Å²) in [5, 5.41) is 0. The van der Waals surface area contributed by atoms with E-state index in [1.807, 2.05) is 0 Å². The van der Waals surface area contributed by atoms with Crippen LogP contribution >= 0.6 is 0 Å². The summed E-state index contributed by atoms with van der Waals surface area (Å²) in [5.74, 6) is 0. The minimum atomic E-state index is -6.00. The molecule has 0 saturated carbocycles. The van der Waals surface area contributed by atoms with E-state index < -0.39 is 14.5 Å². The monoisotopic (exact) mass is 502 g/mol. The van der Waals surface area contributed by atoms with Crippen LogP contribution < -0.4 is 9.13 Å².